The maximum Gasteiger partial charge on any atom is 0.419 e. The lowest BCUT2D eigenvalue weighted by molar-refractivity contribution is -0.138. The molecule has 0 aromatic heterocycles. The Morgan fingerprint density at radius 3 is 1.74 bits per heavy atom. The fraction of sp³-hybridized carbons (Fsp3) is 0.0769. The van der Waals surface area contributed by atoms with Crippen molar-refractivity contribution < 1.29 is 23.4 Å². The first-order chi connectivity index (χ1) is 8.80. The van der Waals surface area contributed by atoms with Crippen molar-refractivity contribution in [2.24, 2.45) is 0 Å². The van der Waals surface area contributed by atoms with Crippen molar-refractivity contribution in [1.82, 2.24) is 0 Å². The van der Waals surface area contributed by atoms with Gasteiger partial charge in [-0.2, -0.15) is 13.2 Å². The molecule has 0 saturated heterocycles. The number of phenols is 2. The van der Waals surface area contributed by atoms with Gasteiger partial charge in [0.25, 0.3) is 0 Å². The van der Waals surface area contributed by atoms with Crippen LogP contribution in [0.5, 0.6) is 11.5 Å². The first-order valence-corrected chi connectivity index (χ1v) is 6.18. The molecule has 0 amide bonds. The van der Waals surface area contributed by atoms with E-state index in [1.165, 1.54) is 12.1 Å². The van der Waals surface area contributed by atoms with E-state index < -0.39 is 17.5 Å². The van der Waals surface area contributed by atoms with E-state index in [2.05, 4.69) is 22.6 Å². The number of hydrogen-bond donors (Lipinski definition) is 2. The Hall–Kier alpha value is -1.44. The summed E-state index contributed by atoms with van der Waals surface area (Å²) in [5.41, 5.74) is -1.000. The number of benzene rings is 2. The summed E-state index contributed by atoms with van der Waals surface area (Å²) in [6, 6.07) is 11.4. The summed E-state index contributed by atoms with van der Waals surface area (Å²) in [4.78, 5) is 0. The van der Waals surface area contributed by atoms with Crippen molar-refractivity contribution in [1.29, 1.82) is 0 Å². The van der Waals surface area contributed by atoms with Crippen LogP contribution >= 0.6 is 22.6 Å². The second-order valence-corrected chi connectivity index (χ2v) is 4.74. The Bertz CT molecular complexity index is 503. The summed E-state index contributed by atoms with van der Waals surface area (Å²) >= 11 is 2.19. The molecule has 0 fully saturated rings. The minimum Gasteiger partial charge on any atom is -0.508 e. The summed E-state index contributed by atoms with van der Waals surface area (Å²) < 4.78 is 36.8. The molecule has 0 radical (unpaired) electrons. The zero-order valence-electron chi connectivity index (χ0n) is 9.53. The van der Waals surface area contributed by atoms with Gasteiger partial charge in [-0.1, -0.05) is 12.1 Å². The molecule has 0 atom stereocenters. The van der Waals surface area contributed by atoms with Crippen molar-refractivity contribution in [3.8, 4) is 11.5 Å². The topological polar surface area (TPSA) is 40.5 Å². The normalized spacial score (nSPS) is 10.5. The number of aromatic hydroxyl groups is 2. The van der Waals surface area contributed by atoms with Crippen LogP contribution in [0.3, 0.4) is 0 Å². The van der Waals surface area contributed by atoms with Crippen LogP contribution in [0.4, 0.5) is 13.2 Å². The van der Waals surface area contributed by atoms with E-state index in [9.17, 15) is 13.2 Å². The number of rotatable bonds is 0. The number of para-hydroxylation sites is 1. The van der Waals surface area contributed by atoms with Crippen molar-refractivity contribution in [3.05, 3.63) is 57.7 Å². The third-order valence-corrected chi connectivity index (χ3v) is 2.76. The standard InChI is InChI=1S/C7H5F3O.C6H5IO/c8-7(9,10)5-3-1-2-4-6(5)11;7-5-1-3-6(8)4-2-5/h1-4,11H;1-4,8H. The molecular weight excluding hydrogens is 372 g/mol. The van der Waals surface area contributed by atoms with E-state index in [-0.39, 0.29) is 0 Å². The maximum atomic E-state index is 11.9. The second kappa shape index (κ2) is 6.65. The molecule has 0 unspecified atom stereocenters. The summed E-state index contributed by atoms with van der Waals surface area (Å²) in [6.07, 6.45) is -4.47. The Kier molecular flexibility index (Phi) is 5.46. The highest BCUT2D eigenvalue weighted by atomic mass is 127. The fourth-order valence-electron chi connectivity index (χ4n) is 1.15. The van der Waals surface area contributed by atoms with E-state index in [0.717, 1.165) is 15.7 Å². The van der Waals surface area contributed by atoms with Crippen molar-refractivity contribution >= 4 is 22.6 Å². The van der Waals surface area contributed by atoms with E-state index in [1.54, 1.807) is 12.1 Å². The van der Waals surface area contributed by atoms with Crippen molar-refractivity contribution in [3.63, 3.8) is 0 Å². The highest BCUT2D eigenvalue weighted by molar-refractivity contribution is 14.1. The molecular formula is C13H10F3IO2. The maximum absolute atomic E-state index is 11.9. The molecule has 102 valence electrons. The summed E-state index contributed by atoms with van der Waals surface area (Å²) in [5, 5.41) is 17.5. The summed E-state index contributed by atoms with van der Waals surface area (Å²) in [6.45, 7) is 0. The van der Waals surface area contributed by atoms with Gasteiger partial charge in [0, 0.05) is 3.57 Å². The van der Waals surface area contributed by atoms with Crippen LogP contribution in [0, 0.1) is 3.57 Å². The second-order valence-electron chi connectivity index (χ2n) is 3.49. The average molecular weight is 382 g/mol. The molecule has 19 heavy (non-hydrogen) atoms. The van der Waals surface area contributed by atoms with Crippen LogP contribution in [0.1, 0.15) is 5.56 Å². The van der Waals surface area contributed by atoms with Crippen LogP contribution in [-0.2, 0) is 6.18 Å². The van der Waals surface area contributed by atoms with E-state index in [0.29, 0.717) is 5.75 Å². The van der Waals surface area contributed by atoms with Crippen LogP contribution in [0.2, 0.25) is 0 Å². The fourth-order valence-corrected chi connectivity index (χ4v) is 1.51. The number of phenolic OH excluding ortho intramolecular Hbond substituents is 2. The third-order valence-electron chi connectivity index (χ3n) is 2.04. The third kappa shape index (κ3) is 5.37. The molecule has 0 bridgehead atoms. The van der Waals surface area contributed by atoms with Gasteiger partial charge in [-0.05, 0) is 59.0 Å². The highest BCUT2D eigenvalue weighted by Gasteiger charge is 2.33. The summed E-state index contributed by atoms with van der Waals surface area (Å²) in [5.74, 6) is -0.412. The quantitative estimate of drug-likeness (QED) is 0.663. The van der Waals surface area contributed by atoms with Crippen LogP contribution in [0.25, 0.3) is 0 Å². The Morgan fingerprint density at radius 2 is 1.37 bits per heavy atom. The molecule has 0 spiro atoms. The monoisotopic (exact) mass is 382 g/mol. The van der Waals surface area contributed by atoms with Gasteiger partial charge in [0.15, 0.2) is 0 Å². The summed E-state index contributed by atoms with van der Waals surface area (Å²) in [7, 11) is 0. The Balaban J connectivity index is 0.000000200. The molecule has 6 heteroatoms. The zero-order valence-corrected chi connectivity index (χ0v) is 11.7. The molecule has 2 rings (SSSR count). The Morgan fingerprint density at radius 1 is 0.842 bits per heavy atom. The first-order valence-electron chi connectivity index (χ1n) is 5.10. The number of alkyl halides is 3. The minimum atomic E-state index is -4.47. The average Bonchev–Trinajstić information content (AvgIpc) is 2.33. The molecule has 0 heterocycles. The molecule has 0 aliphatic carbocycles. The van der Waals surface area contributed by atoms with Gasteiger partial charge in [0.1, 0.15) is 11.5 Å². The van der Waals surface area contributed by atoms with Gasteiger partial charge in [-0.15, -0.1) is 0 Å². The van der Waals surface area contributed by atoms with E-state index >= 15 is 0 Å². The predicted molar refractivity (Wildman–Crippen MR) is 73.9 cm³/mol. The van der Waals surface area contributed by atoms with Gasteiger partial charge >= 0.3 is 6.18 Å². The van der Waals surface area contributed by atoms with Crippen LogP contribution in [0.15, 0.2) is 48.5 Å². The van der Waals surface area contributed by atoms with E-state index in [4.69, 9.17) is 10.2 Å². The highest BCUT2D eigenvalue weighted by Crippen LogP contribution is 2.34. The van der Waals surface area contributed by atoms with Crippen molar-refractivity contribution in [2.75, 3.05) is 0 Å². The van der Waals surface area contributed by atoms with E-state index in [1.807, 2.05) is 12.1 Å². The number of hydrogen-bond acceptors (Lipinski definition) is 2. The Labute approximate surface area is 121 Å². The lowest BCUT2D eigenvalue weighted by atomic mass is 10.2. The zero-order chi connectivity index (χ0) is 14.5. The SMILES string of the molecule is Oc1ccc(I)cc1.Oc1ccccc1C(F)(F)F. The molecule has 2 N–H and O–H groups in total. The molecule has 0 aliphatic heterocycles. The van der Waals surface area contributed by atoms with Gasteiger partial charge in [0.05, 0.1) is 5.56 Å². The lowest BCUT2D eigenvalue weighted by Gasteiger charge is -2.06. The van der Waals surface area contributed by atoms with Gasteiger partial charge in [-0.25, -0.2) is 0 Å². The molecule has 0 saturated carbocycles. The molecule has 2 nitrogen and oxygen atoms in total. The molecule has 2 aromatic carbocycles. The van der Waals surface area contributed by atoms with Gasteiger partial charge in [0.2, 0.25) is 0 Å². The molecule has 0 aliphatic rings. The smallest absolute Gasteiger partial charge is 0.419 e. The lowest BCUT2D eigenvalue weighted by Crippen LogP contribution is -2.04. The predicted octanol–water partition coefficient (Wildman–Crippen LogP) is 4.41. The molecule has 2 aromatic rings. The minimum absolute atomic E-state index is 0.324. The van der Waals surface area contributed by atoms with Crippen LogP contribution < -0.4 is 0 Å². The van der Waals surface area contributed by atoms with Gasteiger partial charge in [-0.3, -0.25) is 0 Å². The van der Waals surface area contributed by atoms with Crippen LogP contribution in [-0.4, -0.2) is 10.2 Å². The number of halogens is 4. The van der Waals surface area contributed by atoms with Crippen molar-refractivity contribution in [2.45, 2.75) is 6.18 Å². The van der Waals surface area contributed by atoms with Gasteiger partial charge < -0.3 is 10.2 Å². The first kappa shape index (κ1) is 15.6. The largest absolute Gasteiger partial charge is 0.508 e.